The van der Waals surface area contributed by atoms with Gasteiger partial charge in [-0.3, -0.25) is 4.79 Å². The number of piperidine rings is 1. The lowest BCUT2D eigenvalue weighted by Crippen LogP contribution is -2.56. The van der Waals surface area contributed by atoms with E-state index in [-0.39, 0.29) is 18.5 Å². The maximum atomic E-state index is 12.5. The third kappa shape index (κ3) is 5.25. The molecule has 2 unspecified atom stereocenters. The molecule has 0 aliphatic carbocycles. The lowest BCUT2D eigenvalue weighted by Gasteiger charge is -2.33. The summed E-state index contributed by atoms with van der Waals surface area (Å²) in [6.45, 7) is 3.02. The summed E-state index contributed by atoms with van der Waals surface area (Å²) in [6.07, 6.45) is -2.79. The number of amides is 3. The zero-order valence-corrected chi connectivity index (χ0v) is 13.8. The molecule has 0 aromatic heterocycles. The standard InChI is InChI=1S/C15H24F3N3O3/c1-2-24-9-11-5-7-20(8-11)14(23)19-12-4-3-6-21(13(12)22)10-15(16,17)18/h11-12H,2-10H2,1H3,(H,19,23). The van der Waals surface area contributed by atoms with Crippen LogP contribution in [0.5, 0.6) is 0 Å². The number of hydrogen-bond acceptors (Lipinski definition) is 3. The van der Waals surface area contributed by atoms with E-state index in [2.05, 4.69) is 5.32 Å². The number of alkyl halides is 3. The molecule has 2 atom stereocenters. The van der Waals surface area contributed by atoms with Crippen LogP contribution in [0.15, 0.2) is 0 Å². The Morgan fingerprint density at radius 1 is 1.33 bits per heavy atom. The van der Waals surface area contributed by atoms with Gasteiger partial charge in [-0.05, 0) is 26.2 Å². The third-order valence-corrected chi connectivity index (χ3v) is 4.33. The number of carbonyl (C=O) groups excluding carboxylic acids is 2. The monoisotopic (exact) mass is 351 g/mol. The van der Waals surface area contributed by atoms with E-state index in [1.165, 1.54) is 0 Å². The molecule has 2 aliphatic heterocycles. The van der Waals surface area contributed by atoms with Gasteiger partial charge in [0.2, 0.25) is 5.91 Å². The Kier molecular flexibility index (Phi) is 6.31. The topological polar surface area (TPSA) is 61.9 Å². The van der Waals surface area contributed by atoms with Crippen LogP contribution in [-0.2, 0) is 9.53 Å². The number of hydrogen-bond donors (Lipinski definition) is 1. The minimum Gasteiger partial charge on any atom is -0.381 e. The molecule has 6 nitrogen and oxygen atoms in total. The Morgan fingerprint density at radius 3 is 2.75 bits per heavy atom. The van der Waals surface area contributed by atoms with E-state index in [0.29, 0.717) is 39.1 Å². The van der Waals surface area contributed by atoms with Crippen molar-refractivity contribution in [2.24, 2.45) is 5.92 Å². The van der Waals surface area contributed by atoms with Gasteiger partial charge < -0.3 is 19.9 Å². The molecule has 2 heterocycles. The van der Waals surface area contributed by atoms with Gasteiger partial charge in [0.05, 0.1) is 6.61 Å². The van der Waals surface area contributed by atoms with Crippen molar-refractivity contribution in [3.8, 4) is 0 Å². The van der Waals surface area contributed by atoms with Gasteiger partial charge in [-0.2, -0.15) is 13.2 Å². The molecule has 9 heteroatoms. The first kappa shape index (κ1) is 18.8. The van der Waals surface area contributed by atoms with Crippen molar-refractivity contribution in [3.63, 3.8) is 0 Å². The van der Waals surface area contributed by atoms with Gasteiger partial charge in [-0.25, -0.2) is 4.79 Å². The molecule has 0 radical (unpaired) electrons. The fraction of sp³-hybridized carbons (Fsp3) is 0.867. The second-order valence-corrected chi connectivity index (χ2v) is 6.28. The number of halogens is 3. The molecule has 138 valence electrons. The molecule has 3 amide bonds. The van der Waals surface area contributed by atoms with Crippen molar-refractivity contribution in [2.75, 3.05) is 39.4 Å². The first-order valence-corrected chi connectivity index (χ1v) is 8.29. The van der Waals surface area contributed by atoms with Gasteiger partial charge in [0.1, 0.15) is 12.6 Å². The van der Waals surface area contributed by atoms with E-state index in [4.69, 9.17) is 4.74 Å². The smallest absolute Gasteiger partial charge is 0.381 e. The Balaban J connectivity index is 1.84. The molecule has 1 N–H and O–H groups in total. The molecule has 24 heavy (non-hydrogen) atoms. The number of urea groups is 1. The second-order valence-electron chi connectivity index (χ2n) is 6.28. The van der Waals surface area contributed by atoms with Gasteiger partial charge >= 0.3 is 12.2 Å². The van der Waals surface area contributed by atoms with Crippen LogP contribution in [0, 0.1) is 5.92 Å². The van der Waals surface area contributed by atoms with Crippen LogP contribution < -0.4 is 5.32 Å². The minimum atomic E-state index is -4.43. The quantitative estimate of drug-likeness (QED) is 0.819. The molecule has 2 saturated heterocycles. The molecular formula is C15H24F3N3O3. The van der Waals surface area contributed by atoms with Gasteiger partial charge in [0.15, 0.2) is 0 Å². The summed E-state index contributed by atoms with van der Waals surface area (Å²) in [4.78, 5) is 26.8. The Labute approximate surface area is 139 Å². The van der Waals surface area contributed by atoms with E-state index < -0.39 is 24.7 Å². The Morgan fingerprint density at radius 2 is 2.08 bits per heavy atom. The van der Waals surface area contributed by atoms with Crippen molar-refractivity contribution in [1.82, 2.24) is 15.1 Å². The second kappa shape index (κ2) is 8.04. The highest BCUT2D eigenvalue weighted by Gasteiger charge is 2.38. The van der Waals surface area contributed by atoms with E-state index in [0.717, 1.165) is 11.3 Å². The van der Waals surface area contributed by atoms with E-state index in [1.807, 2.05) is 6.92 Å². The molecule has 0 aromatic rings. The van der Waals surface area contributed by atoms with Crippen LogP contribution in [0.1, 0.15) is 26.2 Å². The number of likely N-dealkylation sites (tertiary alicyclic amines) is 2. The highest BCUT2D eigenvalue weighted by atomic mass is 19.4. The lowest BCUT2D eigenvalue weighted by molar-refractivity contribution is -0.164. The van der Waals surface area contributed by atoms with Crippen molar-refractivity contribution >= 4 is 11.9 Å². The maximum Gasteiger partial charge on any atom is 0.406 e. The summed E-state index contributed by atoms with van der Waals surface area (Å²) in [5, 5.41) is 2.59. The predicted molar refractivity (Wildman–Crippen MR) is 80.4 cm³/mol. The first-order chi connectivity index (χ1) is 11.3. The normalized spacial score (nSPS) is 25.2. The molecule has 2 aliphatic rings. The maximum absolute atomic E-state index is 12.5. The summed E-state index contributed by atoms with van der Waals surface area (Å²) in [5.74, 6) is -0.392. The number of rotatable bonds is 5. The van der Waals surface area contributed by atoms with Crippen molar-refractivity contribution in [3.05, 3.63) is 0 Å². The predicted octanol–water partition coefficient (Wildman–Crippen LogP) is 1.61. The van der Waals surface area contributed by atoms with Gasteiger partial charge in [-0.1, -0.05) is 0 Å². The zero-order chi connectivity index (χ0) is 17.7. The van der Waals surface area contributed by atoms with E-state index in [1.54, 1.807) is 4.90 Å². The van der Waals surface area contributed by atoms with Gasteiger partial charge in [-0.15, -0.1) is 0 Å². The summed E-state index contributed by atoms with van der Waals surface area (Å²) in [5.41, 5.74) is 0. The van der Waals surface area contributed by atoms with Crippen LogP contribution >= 0.6 is 0 Å². The molecule has 0 saturated carbocycles. The zero-order valence-electron chi connectivity index (χ0n) is 13.8. The van der Waals surface area contributed by atoms with E-state index >= 15 is 0 Å². The average molecular weight is 351 g/mol. The summed E-state index contributed by atoms with van der Waals surface area (Å²) >= 11 is 0. The molecular weight excluding hydrogens is 327 g/mol. The summed E-state index contributed by atoms with van der Waals surface area (Å²) in [7, 11) is 0. The molecule has 0 aromatic carbocycles. The third-order valence-electron chi connectivity index (χ3n) is 4.33. The Bertz CT molecular complexity index is 459. The number of ether oxygens (including phenoxy) is 1. The fourth-order valence-corrected chi connectivity index (χ4v) is 3.13. The van der Waals surface area contributed by atoms with E-state index in [9.17, 15) is 22.8 Å². The van der Waals surface area contributed by atoms with Crippen LogP contribution in [-0.4, -0.2) is 73.3 Å². The summed E-state index contributed by atoms with van der Waals surface area (Å²) < 4.78 is 42.8. The SMILES string of the molecule is CCOCC1CCN(C(=O)NC2CCCN(CC(F)(F)F)C2=O)C1. The summed E-state index contributed by atoms with van der Waals surface area (Å²) in [6, 6.07) is -1.26. The molecule has 2 rings (SSSR count). The highest BCUT2D eigenvalue weighted by molar-refractivity contribution is 5.87. The van der Waals surface area contributed by atoms with Crippen LogP contribution in [0.3, 0.4) is 0 Å². The van der Waals surface area contributed by atoms with Crippen molar-refractivity contribution < 1.29 is 27.5 Å². The van der Waals surface area contributed by atoms with Gasteiger partial charge in [0, 0.05) is 32.2 Å². The molecule has 2 fully saturated rings. The minimum absolute atomic E-state index is 0.0743. The van der Waals surface area contributed by atoms with Crippen molar-refractivity contribution in [2.45, 2.75) is 38.4 Å². The molecule has 0 bridgehead atoms. The van der Waals surface area contributed by atoms with Crippen LogP contribution in [0.2, 0.25) is 0 Å². The number of nitrogens with zero attached hydrogens (tertiary/aromatic N) is 2. The fourth-order valence-electron chi connectivity index (χ4n) is 3.13. The van der Waals surface area contributed by atoms with Gasteiger partial charge in [0.25, 0.3) is 0 Å². The van der Waals surface area contributed by atoms with Crippen LogP contribution in [0.25, 0.3) is 0 Å². The van der Waals surface area contributed by atoms with Crippen molar-refractivity contribution in [1.29, 1.82) is 0 Å². The van der Waals surface area contributed by atoms with Crippen LogP contribution in [0.4, 0.5) is 18.0 Å². The number of nitrogens with one attached hydrogen (secondary N) is 1. The molecule has 0 spiro atoms. The average Bonchev–Trinajstić information content (AvgIpc) is 2.97. The Hall–Kier alpha value is -1.51. The number of carbonyl (C=O) groups is 2. The lowest BCUT2D eigenvalue weighted by atomic mass is 10.0. The highest BCUT2D eigenvalue weighted by Crippen LogP contribution is 2.21. The largest absolute Gasteiger partial charge is 0.406 e. The first-order valence-electron chi connectivity index (χ1n) is 8.29.